The summed E-state index contributed by atoms with van der Waals surface area (Å²) in [7, 11) is -16.7. The number of nitrogen functional groups attached to an aromatic ring is 1. The number of halogens is 1. The van der Waals surface area contributed by atoms with Crippen LogP contribution in [0.25, 0.3) is 11.2 Å². The van der Waals surface area contributed by atoms with Crippen LogP contribution in [0.1, 0.15) is 12.6 Å². The van der Waals surface area contributed by atoms with Crippen LogP contribution in [0, 0.1) is 5.92 Å². The molecule has 184 valence electrons. The molecule has 21 heteroatoms. The van der Waals surface area contributed by atoms with Crippen LogP contribution >= 0.6 is 23.5 Å². The molecule has 17 nitrogen and oxygen atoms in total. The molecule has 2 aromatic rings. The van der Waals surface area contributed by atoms with Gasteiger partial charge in [0.05, 0.1) is 24.9 Å². The Morgan fingerprint density at radius 3 is 2.58 bits per heavy atom. The number of ether oxygens (including phenoxy) is 1. The average Bonchev–Trinajstić information content (AvgIpc) is 3.20. The number of aromatic amines is 1. The first-order chi connectivity index (χ1) is 15.1. The third-order valence-corrected chi connectivity index (χ3v) is 8.02. The number of fused-ring (bicyclic) bond motifs is 1. The summed E-state index contributed by atoms with van der Waals surface area (Å²) in [6.07, 6.45) is -1.23. The van der Waals surface area contributed by atoms with Gasteiger partial charge in [-0.2, -0.15) is 13.6 Å². The van der Waals surface area contributed by atoms with E-state index in [-0.39, 0.29) is 23.5 Å². The summed E-state index contributed by atoms with van der Waals surface area (Å²) in [6, 6.07) is 0. The molecule has 1 saturated heterocycles. The average molecular weight is 535 g/mol. The first-order valence-electron chi connectivity index (χ1n) is 8.57. The Morgan fingerprint density at radius 1 is 1.30 bits per heavy atom. The topological polar surface area (TPSA) is 259 Å². The Morgan fingerprint density at radius 2 is 1.97 bits per heavy atom. The number of H-pyrrole nitrogens is 1. The fourth-order valence-electron chi connectivity index (χ4n) is 3.01. The number of nitrogens with zero attached hydrogens (tertiary/aromatic N) is 3. The first kappa shape index (κ1) is 25.8. The van der Waals surface area contributed by atoms with Crippen molar-refractivity contribution in [2.45, 2.75) is 18.8 Å². The van der Waals surface area contributed by atoms with Crippen molar-refractivity contribution in [3.05, 3.63) is 29.1 Å². The van der Waals surface area contributed by atoms with Gasteiger partial charge in [0.15, 0.2) is 11.2 Å². The largest absolute Gasteiger partial charge is 0.490 e. The maximum absolute atomic E-state index is 14.0. The van der Waals surface area contributed by atoms with Crippen molar-refractivity contribution in [1.82, 2.24) is 19.5 Å². The summed E-state index contributed by atoms with van der Waals surface area (Å²) in [6.45, 7) is 2.27. The number of phosphoric acid groups is 3. The molecule has 3 heterocycles. The van der Waals surface area contributed by atoms with E-state index >= 15 is 0 Å². The molecule has 0 radical (unpaired) electrons. The van der Waals surface area contributed by atoms with Crippen LogP contribution in [-0.4, -0.2) is 51.8 Å². The highest BCUT2D eigenvalue weighted by Gasteiger charge is 2.44. The highest BCUT2D eigenvalue weighted by atomic mass is 31.3. The van der Waals surface area contributed by atoms with E-state index in [1.165, 1.54) is 10.9 Å². The molecule has 1 aliphatic heterocycles. The lowest BCUT2D eigenvalue weighted by Crippen LogP contribution is -2.22. The summed E-state index contributed by atoms with van der Waals surface area (Å²) in [5, 5.41) is 0. The molecule has 2 aromatic heterocycles. The van der Waals surface area contributed by atoms with Crippen LogP contribution < -0.4 is 11.3 Å². The molecule has 33 heavy (non-hydrogen) atoms. The van der Waals surface area contributed by atoms with Crippen LogP contribution in [0.15, 0.2) is 23.5 Å². The highest BCUT2D eigenvalue weighted by molar-refractivity contribution is 7.66. The van der Waals surface area contributed by atoms with E-state index in [1.807, 2.05) is 0 Å². The minimum Gasteiger partial charge on any atom is -0.369 e. The number of hydrogen-bond acceptors (Lipinski definition) is 11. The zero-order valence-electron chi connectivity index (χ0n) is 16.1. The Hall–Kier alpha value is -1.81. The summed E-state index contributed by atoms with van der Waals surface area (Å²) < 4.78 is 66.5. The number of rotatable bonds is 9. The van der Waals surface area contributed by atoms with Crippen molar-refractivity contribution >= 4 is 40.6 Å². The minimum atomic E-state index is -5.72. The maximum atomic E-state index is 14.0. The van der Waals surface area contributed by atoms with Crippen LogP contribution in [0.2, 0.25) is 0 Å². The summed E-state index contributed by atoms with van der Waals surface area (Å²) in [4.78, 5) is 57.8. The smallest absolute Gasteiger partial charge is 0.369 e. The van der Waals surface area contributed by atoms with E-state index < -0.39 is 59.7 Å². The number of nitrogens with two attached hydrogens (primary N) is 1. The number of aromatic nitrogens is 4. The predicted molar refractivity (Wildman–Crippen MR) is 105 cm³/mol. The Kier molecular flexibility index (Phi) is 7.11. The molecule has 1 aliphatic rings. The third kappa shape index (κ3) is 6.41. The van der Waals surface area contributed by atoms with Crippen molar-refractivity contribution in [2.24, 2.45) is 5.92 Å². The molecule has 0 aromatic carbocycles. The van der Waals surface area contributed by atoms with Crippen LogP contribution in [0.3, 0.4) is 0 Å². The van der Waals surface area contributed by atoms with Gasteiger partial charge < -0.3 is 30.0 Å². The maximum Gasteiger partial charge on any atom is 0.490 e. The normalized spacial score (nSPS) is 25.1. The van der Waals surface area contributed by atoms with Crippen LogP contribution in [-0.2, 0) is 31.6 Å². The highest BCUT2D eigenvalue weighted by Crippen LogP contribution is 2.66. The monoisotopic (exact) mass is 535 g/mol. The molecule has 5 unspecified atom stereocenters. The second-order valence-corrected chi connectivity index (χ2v) is 11.0. The number of nitrogens with one attached hydrogen (secondary N) is 1. The summed E-state index contributed by atoms with van der Waals surface area (Å²) >= 11 is 0. The minimum absolute atomic E-state index is 0.0120. The fourth-order valence-corrected chi connectivity index (χ4v) is 6.04. The number of phosphoric ester groups is 1. The van der Waals surface area contributed by atoms with Crippen LogP contribution in [0.5, 0.6) is 0 Å². The number of hydrogen-bond donors (Lipinski definition) is 6. The summed E-state index contributed by atoms with van der Waals surface area (Å²) in [5.74, 6) is -2.23. The fraction of sp³-hybridized carbons (Fsp3) is 0.417. The van der Waals surface area contributed by atoms with Gasteiger partial charge in [-0.3, -0.25) is 18.9 Å². The Bertz CT molecular complexity index is 1270. The Balaban J connectivity index is 1.75. The molecule has 0 saturated carbocycles. The van der Waals surface area contributed by atoms with E-state index in [9.17, 15) is 32.7 Å². The second kappa shape index (κ2) is 9.09. The number of imidazole rings is 1. The standard InChI is InChI=1S/C12H17FN5O12P3/c1-5(13)6-2-8(18-4-15-9-10(18)16-12(14)17-11(9)19)28-7(6)3-27-32(23,24)30-33(25,26)29-31(20,21)22/h4,6-8H,1-3H2,(H,23,24)(H,25,26)(H2,20,21,22)(H3,14,16,17,19). The molecule has 1 fully saturated rings. The van der Waals surface area contributed by atoms with Gasteiger partial charge in [0, 0.05) is 12.3 Å². The van der Waals surface area contributed by atoms with Crippen LogP contribution in [0.4, 0.5) is 10.3 Å². The zero-order chi connectivity index (χ0) is 24.8. The van der Waals surface area contributed by atoms with Gasteiger partial charge in [-0.05, 0) is 0 Å². The quantitative estimate of drug-likeness (QED) is 0.238. The van der Waals surface area contributed by atoms with Crippen molar-refractivity contribution in [3.8, 4) is 0 Å². The van der Waals surface area contributed by atoms with Crippen molar-refractivity contribution < 1.29 is 55.5 Å². The second-order valence-electron chi connectivity index (χ2n) is 6.58. The van der Waals surface area contributed by atoms with Gasteiger partial charge in [-0.25, -0.2) is 23.1 Å². The van der Waals surface area contributed by atoms with Gasteiger partial charge in [0.1, 0.15) is 6.23 Å². The molecule has 3 rings (SSSR count). The lowest BCUT2D eigenvalue weighted by atomic mass is 10.0. The lowest BCUT2D eigenvalue weighted by Gasteiger charge is -2.20. The molecular formula is C12H17FN5O12P3. The van der Waals surface area contributed by atoms with Crippen molar-refractivity contribution in [1.29, 1.82) is 0 Å². The van der Waals surface area contributed by atoms with Crippen molar-refractivity contribution in [3.63, 3.8) is 0 Å². The van der Waals surface area contributed by atoms with E-state index in [4.69, 9.17) is 20.3 Å². The molecule has 0 amide bonds. The van der Waals surface area contributed by atoms with E-state index in [1.54, 1.807) is 0 Å². The molecule has 0 spiro atoms. The zero-order valence-corrected chi connectivity index (χ0v) is 18.8. The molecule has 7 N–H and O–H groups in total. The summed E-state index contributed by atoms with van der Waals surface area (Å²) in [5.41, 5.74) is 4.82. The molecule has 0 bridgehead atoms. The van der Waals surface area contributed by atoms with Crippen molar-refractivity contribution in [2.75, 3.05) is 12.3 Å². The molecular weight excluding hydrogens is 518 g/mol. The Labute approximate surface area is 182 Å². The van der Waals surface area contributed by atoms with Gasteiger partial charge in [-0.1, -0.05) is 6.58 Å². The van der Waals surface area contributed by atoms with E-state index in [0.29, 0.717) is 0 Å². The third-order valence-electron chi connectivity index (χ3n) is 4.22. The lowest BCUT2D eigenvalue weighted by molar-refractivity contribution is -0.0273. The first-order valence-corrected chi connectivity index (χ1v) is 13.1. The van der Waals surface area contributed by atoms with E-state index in [0.717, 1.165) is 0 Å². The number of anilines is 1. The SMILES string of the molecule is C=C(F)C1CC(n2cnc3c(=O)[nH]c(N)nc32)OC1COP(=O)(O)OP(=O)(O)OP(=O)(O)O. The van der Waals surface area contributed by atoms with Gasteiger partial charge in [0.2, 0.25) is 5.95 Å². The van der Waals surface area contributed by atoms with E-state index in [2.05, 4.69) is 34.7 Å². The van der Waals surface area contributed by atoms with Gasteiger partial charge >= 0.3 is 23.5 Å². The molecule has 0 aliphatic carbocycles. The van der Waals surface area contributed by atoms with Gasteiger partial charge in [-0.15, -0.1) is 0 Å². The predicted octanol–water partition coefficient (Wildman–Crippen LogP) is 0.432. The molecule has 5 atom stereocenters. The van der Waals surface area contributed by atoms with Gasteiger partial charge in [0.25, 0.3) is 5.56 Å².